The lowest BCUT2D eigenvalue weighted by atomic mass is 9.57. The van der Waals surface area contributed by atoms with Crippen molar-refractivity contribution in [2.24, 2.45) is 5.41 Å². The molecule has 1 amide bonds. The highest BCUT2D eigenvalue weighted by molar-refractivity contribution is 14.1. The summed E-state index contributed by atoms with van der Waals surface area (Å²) in [5.74, 6) is 0. The molecule has 2 rings (SSSR count). The predicted molar refractivity (Wildman–Crippen MR) is 81.6 cm³/mol. The summed E-state index contributed by atoms with van der Waals surface area (Å²) in [6.45, 7) is 8.53. The van der Waals surface area contributed by atoms with Crippen LogP contribution in [0.1, 0.15) is 40.5 Å². The Kier molecular flexibility index (Phi) is 4.59. The fourth-order valence-electron chi connectivity index (χ4n) is 2.83. The minimum absolute atomic E-state index is 0.208. The van der Waals surface area contributed by atoms with Crippen LogP contribution in [0.15, 0.2) is 0 Å². The van der Waals surface area contributed by atoms with Crippen molar-refractivity contribution >= 4 is 41.4 Å². The predicted octanol–water partition coefficient (Wildman–Crippen LogP) is 3.72. The van der Waals surface area contributed by atoms with Crippen LogP contribution in [0.2, 0.25) is 0 Å². The van der Waals surface area contributed by atoms with Gasteiger partial charge in [-0.1, -0.05) is 0 Å². The van der Waals surface area contributed by atoms with Crippen LogP contribution < -0.4 is 0 Å². The Labute approximate surface area is 132 Å². The normalized spacial score (nSPS) is 33.8. The van der Waals surface area contributed by atoms with Crippen molar-refractivity contribution in [3.8, 4) is 0 Å². The van der Waals surface area contributed by atoms with Gasteiger partial charge in [-0.05, 0) is 40.5 Å². The zero-order chi connectivity index (χ0) is 14.3. The summed E-state index contributed by atoms with van der Waals surface area (Å²) in [7, 11) is 0. The molecule has 5 nitrogen and oxygen atoms in total. The summed E-state index contributed by atoms with van der Waals surface area (Å²) in [6.07, 6.45) is 2.00. The minimum atomic E-state index is -0.431. The van der Waals surface area contributed by atoms with E-state index in [0.29, 0.717) is 0 Å². The van der Waals surface area contributed by atoms with Gasteiger partial charge in [0.05, 0.1) is 6.10 Å². The average molecular weight is 401 g/mol. The summed E-state index contributed by atoms with van der Waals surface area (Å²) >= 11 is 2.82. The largest absolute Gasteiger partial charge is 0.444 e. The van der Waals surface area contributed by atoms with E-state index in [0.717, 1.165) is 31.7 Å². The third-order valence-corrected chi connectivity index (χ3v) is 4.78. The van der Waals surface area contributed by atoms with E-state index in [4.69, 9.17) is 11.4 Å². The summed E-state index contributed by atoms with van der Waals surface area (Å²) in [4.78, 5) is 13.8. The van der Waals surface area contributed by atoms with Crippen LogP contribution in [0, 0.1) is 5.41 Å². The fraction of sp³-hybridized carbons (Fsp3) is 0.917. The van der Waals surface area contributed by atoms with Crippen molar-refractivity contribution in [2.45, 2.75) is 58.3 Å². The van der Waals surface area contributed by atoms with Crippen LogP contribution in [0.5, 0.6) is 0 Å². The monoisotopic (exact) mass is 401 g/mol. The highest BCUT2D eigenvalue weighted by Gasteiger charge is 2.60. The lowest BCUT2D eigenvalue weighted by molar-refractivity contribution is -0.152. The van der Waals surface area contributed by atoms with Crippen LogP contribution >= 0.6 is 35.3 Å². The maximum absolute atomic E-state index is 12.0. The first-order valence-electron chi connectivity index (χ1n) is 6.38. The van der Waals surface area contributed by atoms with Gasteiger partial charge in [-0.2, -0.15) is 0 Å². The standard InChI is InChI=1S/C12H20INO4S/c1-8-12(5-9(6-12)17-19-18-13)7-14(8)10(15)16-11(2,3)4/h8-9H,5-7H2,1-4H3. The first-order chi connectivity index (χ1) is 8.77. The number of amides is 1. The number of ether oxygens (including phenoxy) is 1. The molecule has 7 heteroatoms. The van der Waals surface area contributed by atoms with Crippen LogP contribution in [-0.2, 0) is 11.4 Å². The SMILES string of the molecule is CC1N(C(=O)OC(C)(C)C)CC12CC(OSOI)C2. The molecule has 0 radical (unpaired) electrons. The molecule has 2 fully saturated rings. The van der Waals surface area contributed by atoms with Gasteiger partial charge in [0.1, 0.15) is 28.6 Å². The Balaban J connectivity index is 1.78. The molecule has 0 N–H and O–H groups in total. The molecule has 1 heterocycles. The minimum Gasteiger partial charge on any atom is -0.444 e. The van der Waals surface area contributed by atoms with Crippen LogP contribution in [0.25, 0.3) is 0 Å². The van der Waals surface area contributed by atoms with Crippen molar-refractivity contribution in [2.75, 3.05) is 6.54 Å². The maximum Gasteiger partial charge on any atom is 0.410 e. The number of nitrogens with zero attached hydrogens (tertiary/aromatic N) is 1. The third-order valence-electron chi connectivity index (χ3n) is 3.94. The van der Waals surface area contributed by atoms with Gasteiger partial charge < -0.3 is 9.64 Å². The van der Waals surface area contributed by atoms with Gasteiger partial charge in [0.25, 0.3) is 0 Å². The average Bonchev–Trinajstić information content (AvgIpc) is 2.22. The van der Waals surface area contributed by atoms with Gasteiger partial charge in [0, 0.05) is 18.0 Å². The Bertz CT molecular complexity index is 354. The summed E-state index contributed by atoms with van der Waals surface area (Å²) in [5, 5.41) is 0. The van der Waals surface area contributed by atoms with E-state index in [9.17, 15) is 4.79 Å². The molecule has 0 aromatic carbocycles. The third kappa shape index (κ3) is 3.30. The Morgan fingerprint density at radius 3 is 2.53 bits per heavy atom. The van der Waals surface area contributed by atoms with Gasteiger partial charge >= 0.3 is 6.09 Å². The Morgan fingerprint density at radius 2 is 2.05 bits per heavy atom. The molecule has 1 atom stereocenters. The maximum atomic E-state index is 12.0. The number of hydrogen-bond donors (Lipinski definition) is 0. The van der Waals surface area contributed by atoms with Crippen LogP contribution in [-0.4, -0.2) is 35.3 Å². The Morgan fingerprint density at radius 1 is 1.42 bits per heavy atom. The topological polar surface area (TPSA) is 48.0 Å². The molecule has 0 aromatic rings. The van der Waals surface area contributed by atoms with E-state index in [1.54, 1.807) is 23.0 Å². The Hall–Kier alpha value is 0.270. The summed E-state index contributed by atoms with van der Waals surface area (Å²) in [6, 6.07) is 0.229. The van der Waals surface area contributed by atoms with E-state index in [1.807, 2.05) is 25.7 Å². The van der Waals surface area contributed by atoms with Gasteiger partial charge in [-0.3, -0.25) is 4.18 Å². The van der Waals surface area contributed by atoms with E-state index in [1.165, 1.54) is 0 Å². The molecule has 0 aromatic heterocycles. The number of likely N-dealkylation sites (tertiary alicyclic amines) is 1. The van der Waals surface area contributed by atoms with E-state index in [-0.39, 0.29) is 23.7 Å². The molecular weight excluding hydrogens is 381 g/mol. The number of carbonyl (C=O) groups is 1. The zero-order valence-electron chi connectivity index (χ0n) is 11.6. The first kappa shape index (κ1) is 15.7. The van der Waals surface area contributed by atoms with Crippen molar-refractivity contribution in [3.63, 3.8) is 0 Å². The smallest absolute Gasteiger partial charge is 0.410 e. The molecular formula is C12H20INO4S. The molecule has 0 bridgehead atoms. The summed E-state index contributed by atoms with van der Waals surface area (Å²) < 4.78 is 15.6. The zero-order valence-corrected chi connectivity index (χ0v) is 14.6. The molecule has 110 valence electrons. The van der Waals surface area contributed by atoms with Crippen LogP contribution in [0.4, 0.5) is 4.79 Å². The number of carbonyl (C=O) groups excluding carboxylic acids is 1. The van der Waals surface area contributed by atoms with Gasteiger partial charge in [0.15, 0.2) is 12.3 Å². The highest BCUT2D eigenvalue weighted by atomic mass is 127. The van der Waals surface area contributed by atoms with Crippen molar-refractivity contribution in [3.05, 3.63) is 0 Å². The molecule has 1 aliphatic heterocycles. The second-order valence-electron chi connectivity index (χ2n) is 6.40. The molecule has 1 unspecified atom stereocenters. The van der Waals surface area contributed by atoms with Gasteiger partial charge in [0.2, 0.25) is 0 Å². The van der Waals surface area contributed by atoms with Gasteiger partial charge in [-0.25, -0.2) is 7.31 Å². The number of halogens is 1. The lowest BCUT2D eigenvalue weighted by Gasteiger charge is -2.62. The second kappa shape index (κ2) is 5.57. The van der Waals surface area contributed by atoms with E-state index in [2.05, 4.69) is 6.92 Å². The van der Waals surface area contributed by atoms with Crippen molar-refractivity contribution in [1.82, 2.24) is 4.90 Å². The second-order valence-corrected chi connectivity index (χ2v) is 7.94. The van der Waals surface area contributed by atoms with E-state index < -0.39 is 5.60 Å². The molecule has 1 aliphatic carbocycles. The number of hydrogen-bond acceptors (Lipinski definition) is 5. The van der Waals surface area contributed by atoms with Gasteiger partial charge in [-0.15, -0.1) is 0 Å². The lowest BCUT2D eigenvalue weighted by Crippen LogP contribution is -2.71. The molecule has 2 aliphatic rings. The first-order valence-corrected chi connectivity index (χ1v) is 7.92. The quantitative estimate of drug-likeness (QED) is 0.533. The fourth-order valence-corrected chi connectivity index (χ4v) is 3.36. The molecule has 1 saturated heterocycles. The highest BCUT2D eigenvalue weighted by Crippen LogP contribution is 2.55. The molecule has 1 saturated carbocycles. The molecule has 19 heavy (non-hydrogen) atoms. The van der Waals surface area contributed by atoms with E-state index >= 15 is 0 Å². The number of rotatable bonds is 3. The van der Waals surface area contributed by atoms with Crippen molar-refractivity contribution < 1.29 is 16.2 Å². The van der Waals surface area contributed by atoms with Crippen LogP contribution in [0.3, 0.4) is 0 Å². The molecule has 1 spiro atoms. The van der Waals surface area contributed by atoms with Crippen molar-refractivity contribution in [1.29, 1.82) is 0 Å². The summed E-state index contributed by atoms with van der Waals surface area (Å²) in [5.41, 5.74) is -0.202.